The van der Waals surface area contributed by atoms with Gasteiger partial charge in [-0.25, -0.2) is 0 Å². The molecule has 1 aliphatic carbocycles. The molecule has 0 N–H and O–H groups in total. The summed E-state index contributed by atoms with van der Waals surface area (Å²) in [5.41, 5.74) is 5.06. The molecule has 0 spiro atoms. The molecule has 0 amide bonds. The summed E-state index contributed by atoms with van der Waals surface area (Å²) in [5, 5.41) is 0. The van der Waals surface area contributed by atoms with Crippen molar-refractivity contribution >= 4 is 0 Å². The second-order valence-corrected chi connectivity index (χ2v) is 7.36. The molecule has 1 atom stereocenters. The van der Waals surface area contributed by atoms with Crippen LogP contribution in [-0.2, 0) is 0 Å². The molecule has 120 valence electrons. The Kier molecular flexibility index (Phi) is 3.94. The quantitative estimate of drug-likeness (QED) is 0.810. The largest absolute Gasteiger partial charge is 0.298 e. The molecule has 1 aromatic heterocycles. The number of benzene rings is 1. The van der Waals surface area contributed by atoms with Crippen LogP contribution in [0.25, 0.3) is 11.1 Å². The number of aromatic nitrogens is 1. The van der Waals surface area contributed by atoms with E-state index in [1.165, 1.54) is 48.9 Å². The summed E-state index contributed by atoms with van der Waals surface area (Å²) in [7, 11) is 0. The highest BCUT2D eigenvalue weighted by Gasteiger charge is 2.37. The summed E-state index contributed by atoms with van der Waals surface area (Å²) in [5.74, 6) is 0.762. The average Bonchev–Trinajstić information content (AvgIpc) is 2.94. The van der Waals surface area contributed by atoms with Crippen molar-refractivity contribution in [3.05, 3.63) is 53.9 Å². The Morgan fingerprint density at radius 1 is 1.00 bits per heavy atom. The smallest absolute Gasteiger partial charge is 0.0373 e. The van der Waals surface area contributed by atoms with Crippen molar-refractivity contribution in [1.29, 1.82) is 0 Å². The Balaban J connectivity index is 1.40. The fourth-order valence-electron chi connectivity index (χ4n) is 4.22. The van der Waals surface area contributed by atoms with Crippen molar-refractivity contribution in [1.82, 2.24) is 9.88 Å². The van der Waals surface area contributed by atoms with E-state index in [1.54, 1.807) is 0 Å². The summed E-state index contributed by atoms with van der Waals surface area (Å²) < 4.78 is 0. The molecule has 0 radical (unpaired) electrons. The molecular weight excluding hydrogens is 280 g/mol. The number of nitrogens with zero attached hydrogens (tertiary/aromatic N) is 2. The maximum absolute atomic E-state index is 4.40. The zero-order chi connectivity index (χ0) is 15.8. The zero-order valence-electron chi connectivity index (χ0n) is 14.2. The number of hydrogen-bond donors (Lipinski definition) is 0. The Labute approximate surface area is 139 Å². The van der Waals surface area contributed by atoms with E-state index in [0.717, 1.165) is 23.7 Å². The van der Waals surface area contributed by atoms with Crippen molar-refractivity contribution in [3.8, 4) is 11.1 Å². The topological polar surface area (TPSA) is 16.1 Å². The number of pyridine rings is 1. The van der Waals surface area contributed by atoms with Gasteiger partial charge in [0.25, 0.3) is 0 Å². The summed E-state index contributed by atoms with van der Waals surface area (Å²) >= 11 is 0. The molecule has 2 fully saturated rings. The van der Waals surface area contributed by atoms with E-state index in [0.29, 0.717) is 0 Å². The van der Waals surface area contributed by atoms with Crippen LogP contribution in [0.4, 0.5) is 0 Å². The number of aryl methyl sites for hydroxylation is 1. The molecular formula is C21H26N2. The maximum Gasteiger partial charge on any atom is 0.0373 e. The van der Waals surface area contributed by atoms with Crippen molar-refractivity contribution in [3.63, 3.8) is 0 Å². The van der Waals surface area contributed by atoms with Crippen LogP contribution in [0.3, 0.4) is 0 Å². The van der Waals surface area contributed by atoms with Gasteiger partial charge < -0.3 is 0 Å². The SMILES string of the molecule is Cc1ccc(-c2ccc([C@H]3C[C@H](N4CCC[C@H]4C)C3)cc2)cn1. The van der Waals surface area contributed by atoms with E-state index < -0.39 is 0 Å². The van der Waals surface area contributed by atoms with Gasteiger partial charge in [0.15, 0.2) is 0 Å². The van der Waals surface area contributed by atoms with Crippen LogP contribution in [0.1, 0.15) is 49.8 Å². The van der Waals surface area contributed by atoms with Crippen LogP contribution in [0, 0.1) is 6.92 Å². The average molecular weight is 306 g/mol. The highest BCUT2D eigenvalue weighted by Crippen LogP contribution is 2.42. The first-order valence-corrected chi connectivity index (χ1v) is 8.99. The Bertz CT molecular complexity index is 653. The lowest BCUT2D eigenvalue weighted by Crippen LogP contribution is -2.45. The zero-order valence-corrected chi connectivity index (χ0v) is 14.2. The standard InChI is InChI=1S/C21H26N2/c1-15-5-6-19(14-22-15)17-7-9-18(10-8-17)20-12-21(13-20)23-11-3-4-16(23)2/h5-10,14,16,20-21H,3-4,11-13H2,1-2H3/t16-,20-,21-/m1/s1. The molecule has 1 saturated carbocycles. The minimum absolute atomic E-state index is 0.762. The third-order valence-corrected chi connectivity index (χ3v) is 5.81. The normalized spacial score (nSPS) is 27.8. The fraction of sp³-hybridized carbons (Fsp3) is 0.476. The predicted octanol–water partition coefficient (Wildman–Crippen LogP) is 4.79. The first kappa shape index (κ1) is 14.9. The van der Waals surface area contributed by atoms with E-state index >= 15 is 0 Å². The number of hydrogen-bond acceptors (Lipinski definition) is 2. The lowest BCUT2D eigenvalue weighted by molar-refractivity contribution is 0.103. The summed E-state index contributed by atoms with van der Waals surface area (Å²) in [6.45, 7) is 5.74. The molecule has 1 saturated heterocycles. The third-order valence-electron chi connectivity index (χ3n) is 5.81. The molecule has 4 rings (SSSR count). The summed E-state index contributed by atoms with van der Waals surface area (Å²) in [6.07, 6.45) is 7.44. The van der Waals surface area contributed by atoms with E-state index in [1.807, 2.05) is 13.1 Å². The lowest BCUT2D eigenvalue weighted by Gasteiger charge is -2.43. The van der Waals surface area contributed by atoms with Crippen LogP contribution in [-0.4, -0.2) is 28.5 Å². The molecule has 2 heterocycles. The molecule has 2 nitrogen and oxygen atoms in total. The first-order valence-electron chi connectivity index (χ1n) is 8.99. The Hall–Kier alpha value is -1.67. The van der Waals surface area contributed by atoms with Gasteiger partial charge >= 0.3 is 0 Å². The molecule has 2 aromatic rings. The van der Waals surface area contributed by atoms with Crippen molar-refractivity contribution in [2.45, 2.75) is 57.5 Å². The van der Waals surface area contributed by atoms with Crippen molar-refractivity contribution in [2.24, 2.45) is 0 Å². The van der Waals surface area contributed by atoms with Crippen LogP contribution in [0.15, 0.2) is 42.6 Å². The fourth-order valence-corrected chi connectivity index (χ4v) is 4.22. The minimum Gasteiger partial charge on any atom is -0.298 e. The van der Waals surface area contributed by atoms with Gasteiger partial charge in [-0.3, -0.25) is 9.88 Å². The van der Waals surface area contributed by atoms with Crippen LogP contribution in [0.5, 0.6) is 0 Å². The molecule has 0 bridgehead atoms. The highest BCUT2D eigenvalue weighted by molar-refractivity contribution is 5.62. The van der Waals surface area contributed by atoms with Gasteiger partial charge in [-0.15, -0.1) is 0 Å². The van der Waals surface area contributed by atoms with Crippen molar-refractivity contribution in [2.75, 3.05) is 6.54 Å². The van der Waals surface area contributed by atoms with E-state index in [4.69, 9.17) is 0 Å². The van der Waals surface area contributed by atoms with Crippen LogP contribution >= 0.6 is 0 Å². The minimum atomic E-state index is 0.762. The predicted molar refractivity (Wildman–Crippen MR) is 95.6 cm³/mol. The molecule has 1 aliphatic heterocycles. The van der Waals surface area contributed by atoms with Gasteiger partial charge in [0.2, 0.25) is 0 Å². The Morgan fingerprint density at radius 2 is 1.74 bits per heavy atom. The summed E-state index contributed by atoms with van der Waals surface area (Å²) in [4.78, 5) is 7.13. The molecule has 2 heteroatoms. The molecule has 1 aromatic carbocycles. The van der Waals surface area contributed by atoms with E-state index in [-0.39, 0.29) is 0 Å². The highest BCUT2D eigenvalue weighted by atomic mass is 15.2. The lowest BCUT2D eigenvalue weighted by atomic mass is 9.74. The van der Waals surface area contributed by atoms with Gasteiger partial charge in [0.1, 0.15) is 0 Å². The second-order valence-electron chi connectivity index (χ2n) is 7.36. The van der Waals surface area contributed by atoms with Crippen LogP contribution < -0.4 is 0 Å². The van der Waals surface area contributed by atoms with E-state index in [9.17, 15) is 0 Å². The number of likely N-dealkylation sites (tertiary alicyclic amines) is 1. The second kappa shape index (κ2) is 6.09. The van der Waals surface area contributed by atoms with Gasteiger partial charge in [0, 0.05) is 29.5 Å². The third kappa shape index (κ3) is 2.92. The maximum atomic E-state index is 4.40. The number of rotatable bonds is 3. The van der Waals surface area contributed by atoms with Gasteiger partial charge in [-0.05, 0) is 69.2 Å². The first-order chi connectivity index (χ1) is 11.2. The molecule has 0 unspecified atom stereocenters. The van der Waals surface area contributed by atoms with E-state index in [2.05, 4.69) is 53.2 Å². The van der Waals surface area contributed by atoms with Crippen LogP contribution in [0.2, 0.25) is 0 Å². The van der Waals surface area contributed by atoms with Gasteiger partial charge in [0.05, 0.1) is 0 Å². The van der Waals surface area contributed by atoms with Gasteiger partial charge in [-0.1, -0.05) is 30.3 Å². The molecule has 23 heavy (non-hydrogen) atoms. The Morgan fingerprint density at radius 3 is 2.35 bits per heavy atom. The molecule has 2 aliphatic rings. The van der Waals surface area contributed by atoms with Crippen molar-refractivity contribution < 1.29 is 0 Å². The van der Waals surface area contributed by atoms with Gasteiger partial charge in [-0.2, -0.15) is 0 Å². The monoisotopic (exact) mass is 306 g/mol. The summed E-state index contributed by atoms with van der Waals surface area (Å²) in [6, 6.07) is 15.0.